The fourth-order valence-electron chi connectivity index (χ4n) is 4.25. The summed E-state index contributed by atoms with van der Waals surface area (Å²) in [5, 5.41) is 4.32. The van der Waals surface area contributed by atoms with Gasteiger partial charge in [0.1, 0.15) is 5.82 Å². The maximum absolute atomic E-state index is 13.3. The van der Waals surface area contributed by atoms with Gasteiger partial charge in [-0.05, 0) is 60.5 Å². The minimum atomic E-state index is -4.37. The Morgan fingerprint density at radius 2 is 1.79 bits per heavy atom. The summed E-state index contributed by atoms with van der Waals surface area (Å²) in [6, 6.07) is 5.19. The lowest BCUT2D eigenvalue weighted by Gasteiger charge is -2.43. The number of likely N-dealkylation sites (tertiary alicyclic amines) is 1. The van der Waals surface area contributed by atoms with Gasteiger partial charge in [0, 0.05) is 45.0 Å². The largest absolute Gasteiger partial charge is 0.419 e. The van der Waals surface area contributed by atoms with Crippen molar-refractivity contribution in [2.45, 2.75) is 31.6 Å². The molecule has 0 aliphatic carbocycles. The molecule has 28 heavy (non-hydrogen) atoms. The molecule has 0 unspecified atom stereocenters. The van der Waals surface area contributed by atoms with Gasteiger partial charge < -0.3 is 4.90 Å². The van der Waals surface area contributed by atoms with Crippen LogP contribution in [0.15, 0.2) is 35.2 Å². The van der Waals surface area contributed by atoms with Crippen molar-refractivity contribution in [2.75, 3.05) is 44.2 Å². The van der Waals surface area contributed by atoms with Crippen LogP contribution in [0.2, 0.25) is 0 Å². The van der Waals surface area contributed by atoms with Crippen molar-refractivity contribution in [1.29, 1.82) is 0 Å². The summed E-state index contributed by atoms with van der Waals surface area (Å²) in [4.78, 5) is 10.8. The van der Waals surface area contributed by atoms with Crippen molar-refractivity contribution < 1.29 is 13.2 Å². The number of halogens is 3. The first kappa shape index (κ1) is 19.7. The van der Waals surface area contributed by atoms with E-state index in [4.69, 9.17) is 0 Å². The number of hydrogen-bond donors (Lipinski definition) is 0. The second-order valence-corrected chi connectivity index (χ2v) is 8.31. The zero-order valence-corrected chi connectivity index (χ0v) is 16.6. The summed E-state index contributed by atoms with van der Waals surface area (Å²) in [6.07, 6.45) is -0.667. The van der Waals surface area contributed by atoms with Gasteiger partial charge in [0.2, 0.25) is 0 Å². The Balaban J connectivity index is 1.30. The Labute approximate surface area is 167 Å². The summed E-state index contributed by atoms with van der Waals surface area (Å²) in [5.74, 6) is 0.0697. The van der Waals surface area contributed by atoms with Crippen LogP contribution in [0.4, 0.5) is 19.0 Å². The number of aromatic nitrogens is 1. The van der Waals surface area contributed by atoms with E-state index in [-0.39, 0.29) is 5.82 Å². The van der Waals surface area contributed by atoms with Crippen LogP contribution in [-0.4, -0.2) is 60.1 Å². The van der Waals surface area contributed by atoms with Gasteiger partial charge in [-0.15, -0.1) is 0 Å². The number of piperidine rings is 1. The van der Waals surface area contributed by atoms with Gasteiger partial charge in [-0.1, -0.05) is 0 Å². The topological polar surface area (TPSA) is 22.6 Å². The van der Waals surface area contributed by atoms with Crippen LogP contribution in [0.3, 0.4) is 0 Å². The average molecular weight is 411 g/mol. The fraction of sp³-hybridized carbons (Fsp3) is 0.550. The minimum Gasteiger partial charge on any atom is -0.354 e. The third-order valence-corrected chi connectivity index (χ3v) is 6.50. The molecule has 4 rings (SSSR count). The first-order chi connectivity index (χ1) is 13.5. The monoisotopic (exact) mass is 410 g/mol. The third kappa shape index (κ3) is 4.50. The Hall–Kier alpha value is -1.64. The van der Waals surface area contributed by atoms with Gasteiger partial charge in [0.25, 0.3) is 0 Å². The molecule has 0 bridgehead atoms. The standard InChI is InChI=1S/C20H25F3N4S/c21-20(22,23)18-2-1-6-24-19(18)27-11-9-26(10-12-27)17-3-7-25(8-4-17)14-16-5-13-28-15-16/h1-2,5-6,13,15,17H,3-4,7-12,14H2. The molecule has 0 radical (unpaired) electrons. The molecule has 0 atom stereocenters. The summed E-state index contributed by atoms with van der Waals surface area (Å²) >= 11 is 1.74. The molecule has 0 N–H and O–H groups in total. The van der Waals surface area contributed by atoms with Crippen LogP contribution < -0.4 is 4.90 Å². The van der Waals surface area contributed by atoms with E-state index in [0.29, 0.717) is 19.1 Å². The molecular weight excluding hydrogens is 385 g/mol. The molecule has 0 spiro atoms. The highest BCUT2D eigenvalue weighted by Gasteiger charge is 2.36. The average Bonchev–Trinajstić information content (AvgIpc) is 3.21. The molecule has 2 aromatic rings. The summed E-state index contributed by atoms with van der Waals surface area (Å²) < 4.78 is 39.8. The van der Waals surface area contributed by atoms with E-state index in [0.717, 1.165) is 51.6 Å². The van der Waals surface area contributed by atoms with Gasteiger partial charge in [-0.25, -0.2) is 4.98 Å². The van der Waals surface area contributed by atoms with Crippen LogP contribution >= 0.6 is 11.3 Å². The Morgan fingerprint density at radius 3 is 2.43 bits per heavy atom. The highest BCUT2D eigenvalue weighted by atomic mass is 32.1. The Morgan fingerprint density at radius 1 is 1.04 bits per heavy atom. The van der Waals surface area contributed by atoms with Gasteiger partial charge in [-0.2, -0.15) is 24.5 Å². The highest BCUT2D eigenvalue weighted by molar-refractivity contribution is 7.07. The van der Waals surface area contributed by atoms with E-state index in [1.54, 1.807) is 16.2 Å². The zero-order valence-electron chi connectivity index (χ0n) is 15.7. The number of nitrogens with zero attached hydrogens (tertiary/aromatic N) is 4. The second kappa shape index (κ2) is 8.39. The van der Waals surface area contributed by atoms with Gasteiger partial charge in [0.15, 0.2) is 0 Å². The van der Waals surface area contributed by atoms with E-state index >= 15 is 0 Å². The van der Waals surface area contributed by atoms with E-state index < -0.39 is 11.7 Å². The molecule has 0 amide bonds. The van der Waals surface area contributed by atoms with Crippen molar-refractivity contribution in [3.05, 3.63) is 46.3 Å². The number of anilines is 1. The SMILES string of the molecule is FC(F)(F)c1cccnc1N1CCN(C2CCN(Cc3ccsc3)CC2)CC1. The number of pyridine rings is 1. The summed E-state index contributed by atoms with van der Waals surface area (Å²) in [6.45, 7) is 5.96. The van der Waals surface area contributed by atoms with Gasteiger partial charge in [0.05, 0.1) is 5.56 Å². The van der Waals surface area contributed by atoms with Crippen molar-refractivity contribution in [2.24, 2.45) is 0 Å². The molecular formula is C20H25F3N4S. The van der Waals surface area contributed by atoms with E-state index in [2.05, 4.69) is 31.6 Å². The van der Waals surface area contributed by atoms with Crippen LogP contribution in [0, 0.1) is 0 Å². The van der Waals surface area contributed by atoms with Crippen molar-refractivity contribution in [3.8, 4) is 0 Å². The first-order valence-corrected chi connectivity index (χ1v) is 10.7. The molecule has 8 heteroatoms. The number of rotatable bonds is 4. The number of piperazine rings is 1. The van der Waals surface area contributed by atoms with Crippen LogP contribution in [-0.2, 0) is 12.7 Å². The lowest BCUT2D eigenvalue weighted by Crippen LogP contribution is -2.53. The molecule has 2 aliphatic rings. The molecule has 4 heterocycles. The molecule has 4 nitrogen and oxygen atoms in total. The molecule has 0 saturated carbocycles. The number of alkyl halides is 3. The quantitative estimate of drug-likeness (QED) is 0.761. The lowest BCUT2D eigenvalue weighted by atomic mass is 10.0. The molecule has 0 aromatic carbocycles. The molecule has 2 fully saturated rings. The predicted octanol–water partition coefficient (Wildman–Crippen LogP) is 3.95. The molecule has 152 valence electrons. The maximum Gasteiger partial charge on any atom is 0.419 e. The van der Waals surface area contributed by atoms with Gasteiger partial charge >= 0.3 is 6.18 Å². The minimum absolute atomic E-state index is 0.0697. The van der Waals surface area contributed by atoms with E-state index in [1.807, 2.05) is 0 Å². The summed E-state index contributed by atoms with van der Waals surface area (Å²) in [7, 11) is 0. The normalized spacial score (nSPS) is 20.6. The molecule has 2 aliphatic heterocycles. The Kier molecular flexibility index (Phi) is 5.89. The summed E-state index contributed by atoms with van der Waals surface area (Å²) in [5.41, 5.74) is 0.748. The van der Waals surface area contributed by atoms with Crippen LogP contribution in [0.5, 0.6) is 0 Å². The van der Waals surface area contributed by atoms with E-state index in [1.165, 1.54) is 17.8 Å². The van der Waals surface area contributed by atoms with Gasteiger partial charge in [-0.3, -0.25) is 9.80 Å². The van der Waals surface area contributed by atoms with Crippen LogP contribution in [0.1, 0.15) is 24.0 Å². The lowest BCUT2D eigenvalue weighted by molar-refractivity contribution is -0.137. The smallest absolute Gasteiger partial charge is 0.354 e. The molecule has 2 saturated heterocycles. The number of thiophene rings is 1. The third-order valence-electron chi connectivity index (χ3n) is 5.77. The van der Waals surface area contributed by atoms with Crippen molar-refractivity contribution >= 4 is 17.2 Å². The van der Waals surface area contributed by atoms with Crippen LogP contribution in [0.25, 0.3) is 0 Å². The van der Waals surface area contributed by atoms with Crippen molar-refractivity contribution in [1.82, 2.24) is 14.8 Å². The predicted molar refractivity (Wildman–Crippen MR) is 106 cm³/mol. The first-order valence-electron chi connectivity index (χ1n) is 9.75. The maximum atomic E-state index is 13.3. The second-order valence-electron chi connectivity index (χ2n) is 7.53. The fourth-order valence-corrected chi connectivity index (χ4v) is 4.91. The molecule has 2 aromatic heterocycles. The van der Waals surface area contributed by atoms with Crippen molar-refractivity contribution in [3.63, 3.8) is 0 Å². The van der Waals surface area contributed by atoms with E-state index in [9.17, 15) is 13.2 Å². The zero-order chi connectivity index (χ0) is 19.6. The highest BCUT2D eigenvalue weighted by Crippen LogP contribution is 2.35. The Bertz CT molecular complexity index is 749. The number of hydrogen-bond acceptors (Lipinski definition) is 5.